The number of anilines is 1. The highest BCUT2D eigenvalue weighted by Crippen LogP contribution is 2.37. The van der Waals surface area contributed by atoms with Gasteiger partial charge in [-0.3, -0.25) is 4.79 Å². The number of hydrogen-bond donors (Lipinski definition) is 1. The molecule has 1 aliphatic rings. The number of nitrogens with zero attached hydrogens (tertiary/aromatic N) is 4. The van der Waals surface area contributed by atoms with Crippen molar-refractivity contribution in [2.75, 3.05) is 11.1 Å². The maximum absolute atomic E-state index is 12.6. The number of thiophene rings is 1. The Kier molecular flexibility index (Phi) is 7.35. The van der Waals surface area contributed by atoms with E-state index in [1.807, 2.05) is 11.6 Å². The van der Waals surface area contributed by atoms with Gasteiger partial charge < -0.3 is 14.6 Å². The largest absolute Gasteiger partial charge is 0.486 e. The van der Waals surface area contributed by atoms with Crippen LogP contribution >= 0.6 is 34.7 Å². The van der Waals surface area contributed by atoms with Crippen LogP contribution in [0.15, 0.2) is 29.4 Å². The van der Waals surface area contributed by atoms with Crippen molar-refractivity contribution >= 4 is 45.6 Å². The SMILES string of the molecule is Cn1c(COc2ccc(Cl)cc2)nnc1SCC(=O)Nc1sc2c(c1C#N)CCCCC2. The molecular weight excluding hydrogens is 466 g/mol. The number of nitriles is 1. The molecule has 1 aliphatic carbocycles. The predicted octanol–water partition coefficient (Wildman–Crippen LogP) is 4.98. The molecule has 32 heavy (non-hydrogen) atoms. The van der Waals surface area contributed by atoms with Gasteiger partial charge in [0.05, 0.1) is 11.3 Å². The van der Waals surface area contributed by atoms with Crippen LogP contribution in [-0.2, 0) is 31.3 Å². The number of ether oxygens (including phenoxy) is 1. The average molecular weight is 488 g/mol. The summed E-state index contributed by atoms with van der Waals surface area (Å²) in [7, 11) is 1.84. The number of hydrogen-bond acceptors (Lipinski definition) is 7. The number of fused-ring (bicyclic) bond motifs is 1. The third-order valence-corrected chi connectivity index (χ3v) is 7.70. The van der Waals surface area contributed by atoms with Gasteiger partial charge in [0.25, 0.3) is 0 Å². The number of halogens is 1. The number of amides is 1. The smallest absolute Gasteiger partial charge is 0.235 e. The highest BCUT2D eigenvalue weighted by molar-refractivity contribution is 7.99. The third kappa shape index (κ3) is 5.26. The van der Waals surface area contributed by atoms with Gasteiger partial charge in [-0.1, -0.05) is 29.8 Å². The number of benzene rings is 1. The number of rotatable bonds is 7. The fraction of sp³-hybridized carbons (Fsp3) is 0.364. The Morgan fingerprint density at radius 2 is 2.06 bits per heavy atom. The van der Waals surface area contributed by atoms with Crippen molar-refractivity contribution in [3.63, 3.8) is 0 Å². The van der Waals surface area contributed by atoms with Crippen LogP contribution < -0.4 is 10.1 Å². The maximum Gasteiger partial charge on any atom is 0.235 e. The van der Waals surface area contributed by atoms with E-state index in [1.165, 1.54) is 23.1 Å². The van der Waals surface area contributed by atoms with Crippen LogP contribution in [0, 0.1) is 11.3 Å². The highest BCUT2D eigenvalue weighted by atomic mass is 35.5. The van der Waals surface area contributed by atoms with Gasteiger partial charge in [0, 0.05) is 16.9 Å². The molecule has 7 nitrogen and oxygen atoms in total. The summed E-state index contributed by atoms with van der Waals surface area (Å²) in [5.41, 5.74) is 1.75. The molecule has 0 radical (unpaired) electrons. The molecular formula is C22H22ClN5O2S2. The fourth-order valence-electron chi connectivity index (χ4n) is 3.52. The molecule has 0 aliphatic heterocycles. The van der Waals surface area contributed by atoms with Crippen molar-refractivity contribution in [1.82, 2.24) is 14.8 Å². The first-order valence-electron chi connectivity index (χ1n) is 10.3. The summed E-state index contributed by atoms with van der Waals surface area (Å²) in [5.74, 6) is 1.35. The molecule has 0 spiro atoms. The molecule has 0 saturated carbocycles. The minimum Gasteiger partial charge on any atom is -0.486 e. The molecule has 2 aromatic heterocycles. The minimum absolute atomic E-state index is 0.162. The molecule has 2 heterocycles. The molecule has 0 saturated heterocycles. The van der Waals surface area contributed by atoms with E-state index in [0.717, 1.165) is 31.2 Å². The average Bonchev–Trinajstić information content (AvgIpc) is 3.21. The molecule has 0 bridgehead atoms. The van der Waals surface area contributed by atoms with Gasteiger partial charge in [-0.2, -0.15) is 5.26 Å². The van der Waals surface area contributed by atoms with E-state index in [-0.39, 0.29) is 18.3 Å². The lowest BCUT2D eigenvalue weighted by Gasteiger charge is -2.07. The molecule has 0 unspecified atom stereocenters. The van der Waals surface area contributed by atoms with Crippen LogP contribution in [0.1, 0.15) is 41.1 Å². The molecule has 10 heteroatoms. The maximum atomic E-state index is 12.6. The molecule has 1 aromatic carbocycles. The van der Waals surface area contributed by atoms with Gasteiger partial charge in [-0.15, -0.1) is 21.5 Å². The molecule has 1 N–H and O–H groups in total. The summed E-state index contributed by atoms with van der Waals surface area (Å²) < 4.78 is 7.53. The second kappa shape index (κ2) is 10.4. The van der Waals surface area contributed by atoms with Crippen molar-refractivity contribution in [1.29, 1.82) is 5.26 Å². The van der Waals surface area contributed by atoms with E-state index >= 15 is 0 Å². The molecule has 4 rings (SSSR count). The lowest BCUT2D eigenvalue weighted by molar-refractivity contribution is -0.113. The number of aromatic nitrogens is 3. The molecule has 166 valence electrons. The zero-order valence-electron chi connectivity index (χ0n) is 17.6. The van der Waals surface area contributed by atoms with Gasteiger partial charge in [-0.25, -0.2) is 0 Å². The van der Waals surface area contributed by atoms with Crippen LogP contribution in [0.25, 0.3) is 0 Å². The second-order valence-electron chi connectivity index (χ2n) is 7.42. The summed E-state index contributed by atoms with van der Waals surface area (Å²) in [4.78, 5) is 13.8. The van der Waals surface area contributed by atoms with Crippen molar-refractivity contribution < 1.29 is 9.53 Å². The highest BCUT2D eigenvalue weighted by Gasteiger charge is 2.21. The Bertz CT molecular complexity index is 1150. The normalized spacial score (nSPS) is 13.2. The van der Waals surface area contributed by atoms with Gasteiger partial charge >= 0.3 is 0 Å². The summed E-state index contributed by atoms with van der Waals surface area (Å²) in [5, 5.41) is 22.8. The van der Waals surface area contributed by atoms with E-state index in [4.69, 9.17) is 16.3 Å². The minimum atomic E-state index is -0.162. The van der Waals surface area contributed by atoms with Gasteiger partial charge in [-0.05, 0) is 55.5 Å². The number of carbonyl (C=O) groups excluding carboxylic acids is 1. The quantitative estimate of drug-likeness (QED) is 0.373. The first-order valence-corrected chi connectivity index (χ1v) is 12.5. The lowest BCUT2D eigenvalue weighted by atomic mass is 10.1. The number of thioether (sulfide) groups is 1. The Labute approximate surface area is 199 Å². The first kappa shape index (κ1) is 22.6. The van der Waals surface area contributed by atoms with Crippen LogP contribution in [0.5, 0.6) is 5.75 Å². The third-order valence-electron chi connectivity index (χ3n) is 5.23. The van der Waals surface area contributed by atoms with E-state index in [9.17, 15) is 10.1 Å². The second-order valence-corrected chi connectivity index (χ2v) is 9.90. The molecule has 0 fully saturated rings. The van der Waals surface area contributed by atoms with Gasteiger partial charge in [0.1, 0.15) is 23.4 Å². The van der Waals surface area contributed by atoms with Crippen LogP contribution in [0.4, 0.5) is 5.00 Å². The van der Waals surface area contributed by atoms with Crippen molar-refractivity contribution in [3.05, 3.63) is 51.1 Å². The van der Waals surface area contributed by atoms with E-state index in [0.29, 0.717) is 32.3 Å². The summed E-state index contributed by atoms with van der Waals surface area (Å²) in [6, 6.07) is 9.40. The van der Waals surface area contributed by atoms with Crippen LogP contribution in [-0.4, -0.2) is 26.4 Å². The monoisotopic (exact) mass is 487 g/mol. The number of carbonyl (C=O) groups is 1. The topological polar surface area (TPSA) is 92.8 Å². The molecule has 3 aromatic rings. The van der Waals surface area contributed by atoms with E-state index in [1.54, 1.807) is 35.6 Å². The number of aryl methyl sites for hydroxylation is 1. The first-order chi connectivity index (χ1) is 15.5. The zero-order valence-corrected chi connectivity index (χ0v) is 19.9. The predicted molar refractivity (Wildman–Crippen MR) is 126 cm³/mol. The summed E-state index contributed by atoms with van der Waals surface area (Å²) in [6.07, 6.45) is 5.32. The van der Waals surface area contributed by atoms with Crippen LogP contribution in [0.3, 0.4) is 0 Å². The van der Waals surface area contributed by atoms with Crippen molar-refractivity contribution in [2.45, 2.75) is 43.9 Å². The fourth-order valence-corrected chi connectivity index (χ4v) is 5.63. The Balaban J connectivity index is 1.34. The summed E-state index contributed by atoms with van der Waals surface area (Å²) in [6.45, 7) is 0.254. The Morgan fingerprint density at radius 1 is 1.28 bits per heavy atom. The zero-order chi connectivity index (χ0) is 22.5. The van der Waals surface area contributed by atoms with Gasteiger partial charge in [0.2, 0.25) is 5.91 Å². The lowest BCUT2D eigenvalue weighted by Crippen LogP contribution is -2.14. The number of nitrogens with one attached hydrogen (secondary N) is 1. The summed E-state index contributed by atoms with van der Waals surface area (Å²) >= 11 is 8.72. The van der Waals surface area contributed by atoms with Crippen molar-refractivity contribution in [2.24, 2.45) is 7.05 Å². The Hall–Kier alpha value is -2.54. The van der Waals surface area contributed by atoms with Gasteiger partial charge in [0.15, 0.2) is 11.0 Å². The van der Waals surface area contributed by atoms with Crippen LogP contribution in [0.2, 0.25) is 5.02 Å². The Morgan fingerprint density at radius 3 is 2.84 bits per heavy atom. The van der Waals surface area contributed by atoms with E-state index < -0.39 is 0 Å². The molecule has 0 atom stereocenters. The molecule has 1 amide bonds. The van der Waals surface area contributed by atoms with E-state index in [2.05, 4.69) is 21.6 Å². The standard InChI is InChI=1S/C22H22ClN5O2S2/c1-28-19(12-30-15-9-7-14(23)8-10-15)26-27-22(28)31-13-20(29)25-21-17(11-24)16-5-3-2-4-6-18(16)32-21/h7-10H,2-6,12-13H2,1H3,(H,25,29). The van der Waals surface area contributed by atoms with Crippen molar-refractivity contribution in [3.8, 4) is 11.8 Å².